The number of pyridine rings is 1. The Bertz CT molecular complexity index is 286. The minimum absolute atomic E-state index is 1.08. The van der Waals surface area contributed by atoms with Gasteiger partial charge in [0.15, 0.2) is 0 Å². The lowest BCUT2D eigenvalue weighted by atomic mass is 10.2. The third-order valence-corrected chi connectivity index (χ3v) is 3.18. The molecule has 0 aromatic carbocycles. The summed E-state index contributed by atoms with van der Waals surface area (Å²) in [4.78, 5) is 7.02. The van der Waals surface area contributed by atoms with E-state index < -0.39 is 0 Å². The lowest BCUT2D eigenvalue weighted by molar-refractivity contribution is 0.342. The minimum Gasteiger partial charge on any atom is -0.303 e. The molecule has 0 unspecified atom stereocenters. The summed E-state index contributed by atoms with van der Waals surface area (Å²) in [6.07, 6.45) is 6.95. The van der Waals surface area contributed by atoms with Crippen molar-refractivity contribution in [1.82, 2.24) is 9.88 Å². The maximum Gasteiger partial charge on any atom is 0.0416 e. The fourth-order valence-electron chi connectivity index (χ4n) is 2.09. The molecule has 1 fully saturated rings. The summed E-state index contributed by atoms with van der Waals surface area (Å²) in [6, 6.07) is 4.38. The summed E-state index contributed by atoms with van der Waals surface area (Å²) in [5.41, 5.74) is 2.57. The minimum atomic E-state index is 1.08. The van der Waals surface area contributed by atoms with Gasteiger partial charge in [0.1, 0.15) is 0 Å². The highest BCUT2D eigenvalue weighted by molar-refractivity contribution is 5.14. The molecule has 0 amide bonds. The van der Waals surface area contributed by atoms with Crippen molar-refractivity contribution in [2.45, 2.75) is 32.6 Å². The Balaban J connectivity index is 1.82. The summed E-state index contributed by atoms with van der Waals surface area (Å²) in [7, 11) is 0. The Morgan fingerprint density at radius 3 is 2.67 bits per heavy atom. The largest absolute Gasteiger partial charge is 0.303 e. The predicted molar refractivity (Wildman–Crippen MR) is 63.0 cm³/mol. The Morgan fingerprint density at radius 1 is 1.27 bits per heavy atom. The first-order valence-electron chi connectivity index (χ1n) is 6.04. The zero-order chi connectivity index (χ0) is 10.5. The first kappa shape index (κ1) is 10.6. The van der Waals surface area contributed by atoms with Gasteiger partial charge in [0.25, 0.3) is 0 Å². The van der Waals surface area contributed by atoms with Crippen LogP contribution in [0.15, 0.2) is 18.3 Å². The van der Waals surface area contributed by atoms with Crippen molar-refractivity contribution < 1.29 is 0 Å². The average Bonchev–Trinajstić information content (AvgIpc) is 2.80. The molecule has 15 heavy (non-hydrogen) atoms. The molecule has 2 nitrogen and oxygen atoms in total. The smallest absolute Gasteiger partial charge is 0.0416 e. The monoisotopic (exact) mass is 204 g/mol. The third kappa shape index (κ3) is 3.03. The fraction of sp³-hybridized carbons (Fsp3) is 0.615. The van der Waals surface area contributed by atoms with E-state index in [1.807, 2.05) is 6.20 Å². The Kier molecular flexibility index (Phi) is 3.73. The normalized spacial score (nSPS) is 17.1. The van der Waals surface area contributed by atoms with Crippen LogP contribution in [0.2, 0.25) is 0 Å². The predicted octanol–water partition coefficient (Wildman–Crippen LogP) is 2.28. The standard InChI is InChI=1S/C13H20N2/c1-2-12-5-6-13(14-11-12)7-10-15-8-3-4-9-15/h5-6,11H,2-4,7-10H2,1H3. The van der Waals surface area contributed by atoms with Crippen molar-refractivity contribution in [3.05, 3.63) is 29.6 Å². The SMILES string of the molecule is CCc1ccc(CCN2CCCC2)nc1. The van der Waals surface area contributed by atoms with Gasteiger partial charge in [-0.15, -0.1) is 0 Å². The molecule has 0 bridgehead atoms. The molecule has 2 heteroatoms. The Labute approximate surface area is 92.3 Å². The van der Waals surface area contributed by atoms with Crippen LogP contribution in [0.25, 0.3) is 0 Å². The molecule has 1 saturated heterocycles. The molecule has 0 saturated carbocycles. The average molecular weight is 204 g/mol. The van der Waals surface area contributed by atoms with Crippen LogP contribution in [0.5, 0.6) is 0 Å². The molecule has 1 aliphatic heterocycles. The van der Waals surface area contributed by atoms with E-state index in [9.17, 15) is 0 Å². The van der Waals surface area contributed by atoms with Crippen molar-refractivity contribution in [2.24, 2.45) is 0 Å². The third-order valence-electron chi connectivity index (χ3n) is 3.18. The zero-order valence-corrected chi connectivity index (χ0v) is 9.58. The molecular formula is C13H20N2. The van der Waals surface area contributed by atoms with E-state index in [0.717, 1.165) is 12.8 Å². The van der Waals surface area contributed by atoms with Crippen molar-refractivity contribution in [2.75, 3.05) is 19.6 Å². The first-order valence-corrected chi connectivity index (χ1v) is 6.04. The highest BCUT2D eigenvalue weighted by Crippen LogP contribution is 2.08. The lowest BCUT2D eigenvalue weighted by Crippen LogP contribution is -2.22. The van der Waals surface area contributed by atoms with E-state index >= 15 is 0 Å². The van der Waals surface area contributed by atoms with Gasteiger partial charge >= 0.3 is 0 Å². The van der Waals surface area contributed by atoms with Gasteiger partial charge in [0.2, 0.25) is 0 Å². The molecule has 82 valence electrons. The van der Waals surface area contributed by atoms with E-state index in [1.54, 1.807) is 0 Å². The van der Waals surface area contributed by atoms with E-state index in [4.69, 9.17) is 0 Å². The molecule has 2 rings (SSSR count). The lowest BCUT2D eigenvalue weighted by Gasteiger charge is -2.13. The van der Waals surface area contributed by atoms with Crippen LogP contribution in [-0.2, 0) is 12.8 Å². The zero-order valence-electron chi connectivity index (χ0n) is 9.58. The van der Waals surface area contributed by atoms with Crippen LogP contribution in [0.1, 0.15) is 31.0 Å². The summed E-state index contributed by atoms with van der Waals surface area (Å²) < 4.78 is 0. The quantitative estimate of drug-likeness (QED) is 0.748. The highest BCUT2D eigenvalue weighted by Gasteiger charge is 2.10. The highest BCUT2D eigenvalue weighted by atomic mass is 15.1. The molecule has 0 radical (unpaired) electrons. The number of hydrogen-bond acceptors (Lipinski definition) is 2. The van der Waals surface area contributed by atoms with Crippen LogP contribution in [0.3, 0.4) is 0 Å². The van der Waals surface area contributed by atoms with Gasteiger partial charge in [0, 0.05) is 24.9 Å². The molecule has 2 heterocycles. The molecule has 1 aromatic heterocycles. The molecule has 0 spiro atoms. The first-order chi connectivity index (χ1) is 7.38. The van der Waals surface area contributed by atoms with Gasteiger partial charge in [-0.05, 0) is 44.0 Å². The second-order valence-electron chi connectivity index (χ2n) is 4.31. The fourth-order valence-corrected chi connectivity index (χ4v) is 2.09. The van der Waals surface area contributed by atoms with Gasteiger partial charge in [-0.1, -0.05) is 13.0 Å². The number of aromatic nitrogens is 1. The second kappa shape index (κ2) is 5.26. The van der Waals surface area contributed by atoms with Crippen molar-refractivity contribution in [3.8, 4) is 0 Å². The van der Waals surface area contributed by atoms with Crippen LogP contribution < -0.4 is 0 Å². The van der Waals surface area contributed by atoms with Crippen LogP contribution in [0.4, 0.5) is 0 Å². The topological polar surface area (TPSA) is 16.1 Å². The van der Waals surface area contributed by atoms with Crippen molar-refractivity contribution >= 4 is 0 Å². The van der Waals surface area contributed by atoms with Crippen LogP contribution in [-0.4, -0.2) is 29.5 Å². The van der Waals surface area contributed by atoms with Gasteiger partial charge < -0.3 is 4.90 Å². The summed E-state index contributed by atoms with van der Waals surface area (Å²) >= 11 is 0. The van der Waals surface area contributed by atoms with Crippen LogP contribution >= 0.6 is 0 Å². The molecule has 1 aromatic rings. The van der Waals surface area contributed by atoms with Gasteiger partial charge in [-0.3, -0.25) is 4.98 Å². The van der Waals surface area contributed by atoms with E-state index in [-0.39, 0.29) is 0 Å². The summed E-state index contributed by atoms with van der Waals surface area (Å²) in [5, 5.41) is 0. The molecule has 0 aliphatic carbocycles. The van der Waals surface area contributed by atoms with Crippen LogP contribution in [0, 0.1) is 0 Å². The Hall–Kier alpha value is -0.890. The molecular weight excluding hydrogens is 184 g/mol. The molecule has 0 atom stereocenters. The number of aryl methyl sites for hydroxylation is 1. The number of nitrogens with zero attached hydrogens (tertiary/aromatic N) is 2. The van der Waals surface area contributed by atoms with E-state index in [0.29, 0.717) is 0 Å². The molecule has 1 aliphatic rings. The van der Waals surface area contributed by atoms with Gasteiger partial charge in [0.05, 0.1) is 0 Å². The van der Waals surface area contributed by atoms with Gasteiger partial charge in [-0.25, -0.2) is 0 Å². The van der Waals surface area contributed by atoms with Crippen molar-refractivity contribution in [1.29, 1.82) is 0 Å². The summed E-state index contributed by atoms with van der Waals surface area (Å²) in [6.45, 7) is 5.92. The molecule has 0 N–H and O–H groups in total. The maximum absolute atomic E-state index is 4.48. The van der Waals surface area contributed by atoms with Crippen molar-refractivity contribution in [3.63, 3.8) is 0 Å². The van der Waals surface area contributed by atoms with E-state index in [2.05, 4.69) is 28.9 Å². The summed E-state index contributed by atoms with van der Waals surface area (Å²) in [5.74, 6) is 0. The second-order valence-corrected chi connectivity index (χ2v) is 4.31. The Morgan fingerprint density at radius 2 is 2.07 bits per heavy atom. The van der Waals surface area contributed by atoms with E-state index in [1.165, 1.54) is 43.7 Å². The number of hydrogen-bond donors (Lipinski definition) is 0. The van der Waals surface area contributed by atoms with Gasteiger partial charge in [-0.2, -0.15) is 0 Å². The maximum atomic E-state index is 4.48. The number of likely N-dealkylation sites (tertiary alicyclic amines) is 1. The number of rotatable bonds is 4.